The molecule has 3 heterocycles. The number of carboxylic acid groups (broad SMARTS) is 1. The standard InChI is InChI=1S/C28H26ClNO8S/c1-28(27(33)34)24(15-5-4-6-17(11-15)36-3)23(26(32)20-9-10-21(29)39-20)25(30(28)22(31)13-35-2)16-7-8-18-19(12-16)38-14-37-18/h4-12,23-25H,13-14H2,1-3H3,(H,33,34). The number of methoxy groups -OCH3 is 2. The molecule has 9 nitrogen and oxygen atoms in total. The highest BCUT2D eigenvalue weighted by atomic mass is 35.5. The molecule has 0 saturated carbocycles. The molecule has 0 aliphatic carbocycles. The summed E-state index contributed by atoms with van der Waals surface area (Å²) in [4.78, 5) is 42.9. The number of hydrogen-bond donors (Lipinski definition) is 1. The Morgan fingerprint density at radius 2 is 1.85 bits per heavy atom. The first-order chi connectivity index (χ1) is 18.7. The first-order valence-corrected chi connectivity index (χ1v) is 13.3. The molecule has 0 bridgehead atoms. The van der Waals surface area contributed by atoms with E-state index in [9.17, 15) is 19.5 Å². The number of carbonyl (C=O) groups is 3. The fraction of sp³-hybridized carbons (Fsp3) is 0.321. The number of ketones is 1. The number of ether oxygens (including phenoxy) is 4. The smallest absolute Gasteiger partial charge is 0.330 e. The maximum atomic E-state index is 14.4. The van der Waals surface area contributed by atoms with Crippen molar-refractivity contribution in [2.75, 3.05) is 27.6 Å². The lowest BCUT2D eigenvalue weighted by molar-refractivity contribution is -0.159. The molecule has 4 atom stereocenters. The minimum Gasteiger partial charge on any atom is -0.497 e. The van der Waals surface area contributed by atoms with Gasteiger partial charge in [-0.2, -0.15) is 0 Å². The van der Waals surface area contributed by atoms with Crippen LogP contribution in [0, 0.1) is 5.92 Å². The zero-order chi connectivity index (χ0) is 27.9. The van der Waals surface area contributed by atoms with Crippen LogP contribution in [-0.2, 0) is 14.3 Å². The van der Waals surface area contributed by atoms with Crippen molar-refractivity contribution in [3.05, 3.63) is 74.9 Å². The second-order valence-corrected chi connectivity index (χ2v) is 11.2. The van der Waals surface area contributed by atoms with E-state index in [1.165, 1.54) is 26.0 Å². The van der Waals surface area contributed by atoms with Gasteiger partial charge in [0.1, 0.15) is 17.9 Å². The number of aliphatic carboxylic acids is 1. The molecule has 1 N–H and O–H groups in total. The summed E-state index contributed by atoms with van der Waals surface area (Å²) in [6.45, 7) is 1.13. The Balaban J connectivity index is 1.80. The molecule has 2 aliphatic rings. The number of fused-ring (bicyclic) bond motifs is 1. The first-order valence-electron chi connectivity index (χ1n) is 12.1. The van der Waals surface area contributed by atoms with Gasteiger partial charge < -0.3 is 29.0 Å². The van der Waals surface area contributed by atoms with E-state index in [2.05, 4.69) is 0 Å². The van der Waals surface area contributed by atoms with Gasteiger partial charge in [0, 0.05) is 13.0 Å². The van der Waals surface area contributed by atoms with E-state index in [1.807, 2.05) is 0 Å². The van der Waals surface area contributed by atoms with Gasteiger partial charge in [-0.15, -0.1) is 11.3 Å². The van der Waals surface area contributed by atoms with Crippen molar-refractivity contribution < 1.29 is 38.4 Å². The normalized spacial score (nSPS) is 23.6. The number of halogens is 1. The predicted octanol–water partition coefficient (Wildman–Crippen LogP) is 4.79. The Morgan fingerprint density at radius 3 is 2.51 bits per heavy atom. The van der Waals surface area contributed by atoms with Crippen molar-refractivity contribution in [3.63, 3.8) is 0 Å². The molecule has 204 valence electrons. The summed E-state index contributed by atoms with van der Waals surface area (Å²) in [6, 6.07) is 14.3. The summed E-state index contributed by atoms with van der Waals surface area (Å²) < 4.78 is 22.0. The molecule has 4 unspecified atom stereocenters. The van der Waals surface area contributed by atoms with Gasteiger partial charge in [-0.25, -0.2) is 4.79 Å². The Hall–Kier alpha value is -3.60. The van der Waals surface area contributed by atoms with Crippen LogP contribution in [0.2, 0.25) is 4.34 Å². The largest absolute Gasteiger partial charge is 0.497 e. The van der Waals surface area contributed by atoms with Gasteiger partial charge in [0.15, 0.2) is 17.3 Å². The van der Waals surface area contributed by atoms with Gasteiger partial charge >= 0.3 is 5.97 Å². The van der Waals surface area contributed by atoms with Crippen molar-refractivity contribution in [2.45, 2.75) is 24.4 Å². The second kappa shape index (κ2) is 10.5. The number of Topliss-reactive ketones (excluding diaryl/α,β-unsaturated/α-hetero) is 1. The van der Waals surface area contributed by atoms with E-state index >= 15 is 0 Å². The van der Waals surface area contributed by atoms with E-state index in [0.29, 0.717) is 37.6 Å². The number of carbonyl (C=O) groups excluding carboxylic acids is 2. The Morgan fingerprint density at radius 1 is 1.08 bits per heavy atom. The average Bonchev–Trinajstić information content (AvgIpc) is 3.64. The van der Waals surface area contributed by atoms with Crippen LogP contribution in [0.5, 0.6) is 17.2 Å². The first kappa shape index (κ1) is 27.0. The quantitative estimate of drug-likeness (QED) is 0.384. The van der Waals surface area contributed by atoms with Gasteiger partial charge in [-0.3, -0.25) is 9.59 Å². The minimum absolute atomic E-state index is 0.0328. The van der Waals surface area contributed by atoms with Gasteiger partial charge in [0.05, 0.1) is 28.3 Å². The minimum atomic E-state index is -1.84. The SMILES string of the molecule is COCC(=O)N1C(c2ccc3c(c2)OCO3)C(C(=O)c2ccc(Cl)s2)C(c2cccc(OC)c2)C1(C)C(=O)O. The number of amides is 1. The van der Waals surface area contributed by atoms with E-state index < -0.39 is 35.3 Å². The summed E-state index contributed by atoms with van der Waals surface area (Å²) in [5.41, 5.74) is -0.772. The van der Waals surface area contributed by atoms with Crippen LogP contribution in [0.25, 0.3) is 0 Å². The average molecular weight is 572 g/mol. The lowest BCUT2D eigenvalue weighted by atomic mass is 9.72. The third-order valence-corrected chi connectivity index (χ3v) is 8.61. The van der Waals surface area contributed by atoms with Crippen LogP contribution < -0.4 is 14.2 Å². The van der Waals surface area contributed by atoms with E-state index in [-0.39, 0.29) is 19.2 Å². The molecule has 1 aromatic heterocycles. The van der Waals surface area contributed by atoms with Crippen LogP contribution in [0.1, 0.15) is 39.7 Å². The molecular formula is C28H26ClNO8S. The summed E-state index contributed by atoms with van der Waals surface area (Å²) in [7, 11) is 2.86. The van der Waals surface area contributed by atoms with Gasteiger partial charge in [0.2, 0.25) is 12.7 Å². The van der Waals surface area contributed by atoms with Crippen LogP contribution >= 0.6 is 22.9 Å². The molecule has 1 fully saturated rings. The Labute approximate surface area is 233 Å². The number of hydrogen-bond acceptors (Lipinski definition) is 8. The molecule has 1 saturated heterocycles. The fourth-order valence-electron chi connectivity index (χ4n) is 5.70. The molecule has 2 aromatic carbocycles. The molecule has 2 aliphatic heterocycles. The highest BCUT2D eigenvalue weighted by molar-refractivity contribution is 7.18. The maximum Gasteiger partial charge on any atom is 0.330 e. The van der Waals surface area contributed by atoms with Crippen molar-refractivity contribution in [3.8, 4) is 17.2 Å². The molecule has 1 amide bonds. The van der Waals surface area contributed by atoms with Crippen LogP contribution in [-0.4, -0.2) is 60.8 Å². The van der Waals surface area contributed by atoms with E-state index in [4.69, 9.17) is 30.5 Å². The predicted molar refractivity (Wildman–Crippen MR) is 143 cm³/mol. The third kappa shape index (κ3) is 4.52. The van der Waals surface area contributed by atoms with Crippen LogP contribution in [0.4, 0.5) is 0 Å². The number of nitrogens with zero attached hydrogens (tertiary/aromatic N) is 1. The van der Waals surface area contributed by atoms with E-state index in [1.54, 1.807) is 54.6 Å². The highest BCUT2D eigenvalue weighted by Gasteiger charge is 2.65. The van der Waals surface area contributed by atoms with Crippen LogP contribution in [0.15, 0.2) is 54.6 Å². The summed E-state index contributed by atoms with van der Waals surface area (Å²) in [5, 5.41) is 10.8. The zero-order valence-corrected chi connectivity index (χ0v) is 23.0. The Bertz CT molecular complexity index is 1440. The summed E-state index contributed by atoms with van der Waals surface area (Å²) in [5.74, 6) is -2.68. The summed E-state index contributed by atoms with van der Waals surface area (Å²) in [6.07, 6.45) is 0. The fourth-order valence-corrected chi connectivity index (χ4v) is 6.73. The van der Waals surface area contributed by atoms with Crippen molar-refractivity contribution >= 4 is 40.6 Å². The molecule has 0 spiro atoms. The van der Waals surface area contributed by atoms with Crippen molar-refractivity contribution in [2.24, 2.45) is 5.92 Å². The van der Waals surface area contributed by atoms with E-state index in [0.717, 1.165) is 11.3 Å². The van der Waals surface area contributed by atoms with Gasteiger partial charge in [-0.1, -0.05) is 29.8 Å². The molecular weight excluding hydrogens is 546 g/mol. The Kier molecular flexibility index (Phi) is 7.28. The van der Waals surface area contributed by atoms with Crippen LogP contribution in [0.3, 0.4) is 0 Å². The number of thiophene rings is 1. The zero-order valence-electron chi connectivity index (χ0n) is 21.4. The lowest BCUT2D eigenvalue weighted by Gasteiger charge is -2.37. The topological polar surface area (TPSA) is 112 Å². The lowest BCUT2D eigenvalue weighted by Crippen LogP contribution is -2.55. The number of rotatable bonds is 8. The molecule has 39 heavy (non-hydrogen) atoms. The number of likely N-dealkylation sites (tertiary alicyclic amines) is 1. The highest BCUT2D eigenvalue weighted by Crippen LogP contribution is 2.57. The second-order valence-electron chi connectivity index (χ2n) is 9.46. The third-order valence-electron chi connectivity index (χ3n) is 7.36. The van der Waals surface area contributed by atoms with Gasteiger partial charge in [0.25, 0.3) is 0 Å². The molecule has 0 radical (unpaired) electrons. The van der Waals surface area contributed by atoms with Crippen molar-refractivity contribution in [1.29, 1.82) is 0 Å². The number of carboxylic acids is 1. The molecule has 5 rings (SSSR count). The van der Waals surface area contributed by atoms with Crippen molar-refractivity contribution in [1.82, 2.24) is 4.90 Å². The number of benzene rings is 2. The van der Waals surface area contributed by atoms with Gasteiger partial charge in [-0.05, 0) is 54.4 Å². The molecule has 3 aromatic rings. The summed E-state index contributed by atoms with van der Waals surface area (Å²) >= 11 is 7.30. The maximum absolute atomic E-state index is 14.4. The molecule has 11 heteroatoms. The monoisotopic (exact) mass is 571 g/mol.